The molecule has 0 bridgehead atoms. The summed E-state index contributed by atoms with van der Waals surface area (Å²) in [5.41, 5.74) is 4.49. The summed E-state index contributed by atoms with van der Waals surface area (Å²) in [4.78, 5) is 17.0. The van der Waals surface area contributed by atoms with Gasteiger partial charge in [0.05, 0.1) is 11.1 Å². The molecular formula is C22H17NO2S. The van der Waals surface area contributed by atoms with Gasteiger partial charge in [-0.3, -0.25) is 0 Å². The molecule has 0 fully saturated rings. The van der Waals surface area contributed by atoms with Gasteiger partial charge < -0.3 is 4.74 Å². The number of fused-ring (bicyclic) bond motifs is 1. The molecule has 3 nitrogen and oxygen atoms in total. The van der Waals surface area contributed by atoms with Crippen LogP contribution in [0.1, 0.15) is 16.7 Å². The Kier molecular flexibility index (Phi) is 4.35. The van der Waals surface area contributed by atoms with Crippen LogP contribution in [0.2, 0.25) is 0 Å². The van der Waals surface area contributed by atoms with E-state index in [0.29, 0.717) is 11.3 Å². The third-order valence-electron chi connectivity index (χ3n) is 4.25. The van der Waals surface area contributed by atoms with E-state index in [2.05, 4.69) is 25.1 Å². The Morgan fingerprint density at radius 2 is 1.88 bits per heavy atom. The van der Waals surface area contributed by atoms with Gasteiger partial charge in [-0.15, -0.1) is 11.8 Å². The van der Waals surface area contributed by atoms with E-state index in [0.717, 1.165) is 27.1 Å². The van der Waals surface area contributed by atoms with Crippen LogP contribution in [0.25, 0.3) is 22.7 Å². The van der Waals surface area contributed by atoms with Gasteiger partial charge in [0, 0.05) is 16.5 Å². The van der Waals surface area contributed by atoms with Crippen LogP contribution in [0.3, 0.4) is 0 Å². The standard InChI is InChI=1S/C22H17NO2S/c1-14-8-9-19-16(10-14)11-17(21(23-19)26-2)12-18-13-20(25-22(18)24)15-6-4-3-5-7-15/h3-13H,1-2H3/b18-12-. The number of hydrogen-bond donors (Lipinski definition) is 0. The second-order valence-electron chi connectivity index (χ2n) is 6.15. The minimum absolute atomic E-state index is 0.333. The molecule has 26 heavy (non-hydrogen) atoms. The molecule has 0 saturated carbocycles. The monoisotopic (exact) mass is 359 g/mol. The minimum Gasteiger partial charge on any atom is -0.422 e. The van der Waals surface area contributed by atoms with Crippen molar-refractivity contribution in [3.8, 4) is 0 Å². The van der Waals surface area contributed by atoms with Crippen LogP contribution < -0.4 is 0 Å². The Balaban J connectivity index is 1.80. The molecule has 4 rings (SSSR count). The number of carbonyl (C=O) groups excluding carboxylic acids is 1. The smallest absolute Gasteiger partial charge is 0.343 e. The second-order valence-corrected chi connectivity index (χ2v) is 6.94. The van der Waals surface area contributed by atoms with E-state index < -0.39 is 0 Å². The number of rotatable bonds is 3. The number of cyclic esters (lactones) is 1. The Labute approximate surface area is 156 Å². The zero-order chi connectivity index (χ0) is 18.1. The van der Waals surface area contributed by atoms with Gasteiger partial charge in [-0.2, -0.15) is 0 Å². The van der Waals surface area contributed by atoms with Crippen molar-refractivity contribution in [2.45, 2.75) is 11.9 Å². The molecule has 0 saturated heterocycles. The Morgan fingerprint density at radius 1 is 1.08 bits per heavy atom. The molecule has 2 heterocycles. The molecule has 0 amide bonds. The predicted octanol–water partition coefficient (Wildman–Crippen LogP) is 5.25. The van der Waals surface area contributed by atoms with E-state index in [1.54, 1.807) is 17.8 Å². The highest BCUT2D eigenvalue weighted by atomic mass is 32.2. The molecule has 0 aliphatic carbocycles. The highest BCUT2D eigenvalue weighted by Gasteiger charge is 2.22. The number of hydrogen-bond acceptors (Lipinski definition) is 4. The van der Waals surface area contributed by atoms with Crippen LogP contribution in [0.5, 0.6) is 0 Å². The first-order chi connectivity index (χ1) is 12.6. The Bertz CT molecular complexity index is 1070. The van der Waals surface area contributed by atoms with Crippen molar-refractivity contribution in [1.29, 1.82) is 0 Å². The molecule has 0 N–H and O–H groups in total. The number of benzene rings is 2. The van der Waals surface area contributed by atoms with E-state index >= 15 is 0 Å². The van der Waals surface area contributed by atoms with Gasteiger partial charge in [-0.05, 0) is 43.5 Å². The van der Waals surface area contributed by atoms with Crippen molar-refractivity contribution in [2.24, 2.45) is 0 Å². The van der Waals surface area contributed by atoms with Gasteiger partial charge >= 0.3 is 5.97 Å². The fourth-order valence-electron chi connectivity index (χ4n) is 2.96. The highest BCUT2D eigenvalue weighted by molar-refractivity contribution is 7.98. The van der Waals surface area contributed by atoms with Gasteiger partial charge in [-0.25, -0.2) is 9.78 Å². The van der Waals surface area contributed by atoms with Crippen LogP contribution in [0, 0.1) is 6.92 Å². The Morgan fingerprint density at radius 3 is 2.65 bits per heavy atom. The first-order valence-electron chi connectivity index (χ1n) is 8.30. The lowest BCUT2D eigenvalue weighted by Gasteiger charge is -2.06. The molecule has 0 atom stereocenters. The van der Waals surface area contributed by atoms with Gasteiger partial charge in [0.25, 0.3) is 0 Å². The van der Waals surface area contributed by atoms with Crippen molar-refractivity contribution in [3.63, 3.8) is 0 Å². The molecule has 4 heteroatoms. The maximum Gasteiger partial charge on any atom is 0.343 e. The number of pyridine rings is 1. The second kappa shape index (κ2) is 6.81. The van der Waals surface area contributed by atoms with Crippen LogP contribution in [-0.2, 0) is 9.53 Å². The molecule has 2 aromatic carbocycles. The number of ether oxygens (including phenoxy) is 1. The molecule has 128 valence electrons. The summed E-state index contributed by atoms with van der Waals surface area (Å²) in [5, 5.41) is 1.96. The maximum absolute atomic E-state index is 12.3. The first-order valence-corrected chi connectivity index (χ1v) is 9.53. The molecular weight excluding hydrogens is 342 g/mol. The SMILES string of the molecule is CSc1nc2ccc(C)cc2cc1/C=C1/C=C(c2ccccc2)OC1=O. The van der Waals surface area contributed by atoms with E-state index in [-0.39, 0.29) is 5.97 Å². The zero-order valence-corrected chi connectivity index (χ0v) is 15.3. The van der Waals surface area contributed by atoms with Crippen molar-refractivity contribution >= 4 is 40.5 Å². The molecule has 0 radical (unpaired) electrons. The number of aryl methyl sites for hydroxylation is 1. The average Bonchev–Trinajstić information content (AvgIpc) is 3.02. The van der Waals surface area contributed by atoms with Crippen molar-refractivity contribution in [2.75, 3.05) is 6.26 Å². The number of nitrogens with zero attached hydrogens (tertiary/aromatic N) is 1. The molecule has 0 spiro atoms. The topological polar surface area (TPSA) is 39.2 Å². The maximum atomic E-state index is 12.3. The normalized spacial score (nSPS) is 15.4. The Hall–Kier alpha value is -2.85. The van der Waals surface area contributed by atoms with E-state index in [4.69, 9.17) is 9.72 Å². The van der Waals surface area contributed by atoms with Crippen LogP contribution in [-0.4, -0.2) is 17.2 Å². The quantitative estimate of drug-likeness (QED) is 0.364. The van der Waals surface area contributed by atoms with Crippen LogP contribution in [0.4, 0.5) is 0 Å². The minimum atomic E-state index is -0.333. The van der Waals surface area contributed by atoms with Crippen molar-refractivity contribution < 1.29 is 9.53 Å². The average molecular weight is 359 g/mol. The number of thioether (sulfide) groups is 1. The number of aromatic nitrogens is 1. The van der Waals surface area contributed by atoms with Crippen LogP contribution >= 0.6 is 11.8 Å². The van der Waals surface area contributed by atoms with Gasteiger partial charge in [0.1, 0.15) is 10.8 Å². The summed E-state index contributed by atoms with van der Waals surface area (Å²) in [7, 11) is 0. The lowest BCUT2D eigenvalue weighted by atomic mass is 10.1. The van der Waals surface area contributed by atoms with E-state index in [9.17, 15) is 4.79 Å². The zero-order valence-electron chi connectivity index (χ0n) is 14.5. The molecule has 0 unspecified atom stereocenters. The fraction of sp³-hybridized carbons (Fsp3) is 0.0909. The summed E-state index contributed by atoms with van der Waals surface area (Å²) in [6.07, 6.45) is 5.64. The van der Waals surface area contributed by atoms with Gasteiger partial charge in [0.15, 0.2) is 0 Å². The summed E-state index contributed by atoms with van der Waals surface area (Å²) in [5.74, 6) is 0.248. The highest BCUT2D eigenvalue weighted by Crippen LogP contribution is 2.30. The molecule has 1 aromatic heterocycles. The summed E-state index contributed by atoms with van der Waals surface area (Å²) < 4.78 is 5.44. The molecule has 1 aliphatic heterocycles. The van der Waals surface area contributed by atoms with E-state index in [1.165, 1.54) is 5.56 Å². The fourth-order valence-corrected chi connectivity index (χ4v) is 3.51. The molecule has 3 aromatic rings. The van der Waals surface area contributed by atoms with Gasteiger partial charge in [-0.1, -0.05) is 42.0 Å². The molecule has 1 aliphatic rings. The lowest BCUT2D eigenvalue weighted by molar-refractivity contribution is -0.130. The first kappa shape index (κ1) is 16.6. The largest absolute Gasteiger partial charge is 0.422 e. The van der Waals surface area contributed by atoms with E-state index in [1.807, 2.05) is 48.7 Å². The number of carbonyl (C=O) groups is 1. The summed E-state index contributed by atoms with van der Waals surface area (Å²) in [6.45, 7) is 2.06. The third kappa shape index (κ3) is 3.16. The summed E-state index contributed by atoms with van der Waals surface area (Å²) in [6, 6.07) is 17.9. The summed E-state index contributed by atoms with van der Waals surface area (Å²) >= 11 is 1.57. The number of esters is 1. The van der Waals surface area contributed by atoms with Crippen molar-refractivity contribution in [1.82, 2.24) is 4.98 Å². The van der Waals surface area contributed by atoms with Crippen LogP contribution in [0.15, 0.2) is 71.3 Å². The predicted molar refractivity (Wildman–Crippen MR) is 107 cm³/mol. The lowest BCUT2D eigenvalue weighted by Crippen LogP contribution is -1.98. The van der Waals surface area contributed by atoms with Gasteiger partial charge in [0.2, 0.25) is 0 Å². The third-order valence-corrected chi connectivity index (χ3v) is 4.96. The van der Waals surface area contributed by atoms with Crippen molar-refractivity contribution in [3.05, 3.63) is 82.9 Å².